The zero-order valence-electron chi connectivity index (χ0n) is 11.7. The van der Waals surface area contributed by atoms with E-state index in [1.165, 1.54) is 18.4 Å². The molecular formula is C16H24N2O. The SMILES string of the molecule is CCCCc1ccc(NC(=O)C2(CN)CCC2)cc1. The minimum absolute atomic E-state index is 0.0857. The van der Waals surface area contributed by atoms with E-state index in [1.54, 1.807) is 0 Å². The second kappa shape index (κ2) is 6.20. The summed E-state index contributed by atoms with van der Waals surface area (Å²) in [6, 6.07) is 8.18. The maximum absolute atomic E-state index is 12.2. The van der Waals surface area contributed by atoms with Gasteiger partial charge in [-0.15, -0.1) is 0 Å². The molecular weight excluding hydrogens is 236 g/mol. The van der Waals surface area contributed by atoms with Crippen LogP contribution in [0.5, 0.6) is 0 Å². The Balaban J connectivity index is 1.94. The van der Waals surface area contributed by atoms with Gasteiger partial charge in [0.25, 0.3) is 0 Å². The van der Waals surface area contributed by atoms with E-state index in [2.05, 4.69) is 24.4 Å². The van der Waals surface area contributed by atoms with Crippen molar-refractivity contribution in [3.05, 3.63) is 29.8 Å². The van der Waals surface area contributed by atoms with Gasteiger partial charge in [-0.05, 0) is 43.4 Å². The number of unbranched alkanes of at least 4 members (excludes halogenated alkanes) is 1. The average molecular weight is 260 g/mol. The molecule has 0 unspecified atom stereocenters. The Kier molecular flexibility index (Phi) is 4.59. The molecule has 1 fully saturated rings. The zero-order valence-corrected chi connectivity index (χ0v) is 11.7. The first kappa shape index (κ1) is 14.1. The van der Waals surface area contributed by atoms with Crippen molar-refractivity contribution in [3.63, 3.8) is 0 Å². The number of nitrogens with two attached hydrogens (primary N) is 1. The van der Waals surface area contributed by atoms with Gasteiger partial charge in [0, 0.05) is 12.2 Å². The fraction of sp³-hybridized carbons (Fsp3) is 0.562. The first-order chi connectivity index (χ1) is 9.20. The number of anilines is 1. The maximum Gasteiger partial charge on any atom is 0.231 e. The lowest BCUT2D eigenvalue weighted by Gasteiger charge is -2.39. The van der Waals surface area contributed by atoms with E-state index in [9.17, 15) is 4.79 Å². The summed E-state index contributed by atoms with van der Waals surface area (Å²) in [5, 5.41) is 3.00. The summed E-state index contributed by atoms with van der Waals surface area (Å²) in [7, 11) is 0. The summed E-state index contributed by atoms with van der Waals surface area (Å²) < 4.78 is 0. The van der Waals surface area contributed by atoms with E-state index in [-0.39, 0.29) is 11.3 Å². The summed E-state index contributed by atoms with van der Waals surface area (Å²) >= 11 is 0. The lowest BCUT2D eigenvalue weighted by molar-refractivity contribution is -0.129. The molecule has 0 spiro atoms. The molecule has 1 saturated carbocycles. The van der Waals surface area contributed by atoms with Crippen LogP contribution in [0, 0.1) is 5.41 Å². The Morgan fingerprint density at radius 3 is 2.47 bits per heavy atom. The number of nitrogens with one attached hydrogen (secondary N) is 1. The molecule has 1 aliphatic carbocycles. The van der Waals surface area contributed by atoms with Crippen molar-refractivity contribution in [2.45, 2.75) is 45.4 Å². The van der Waals surface area contributed by atoms with Crippen LogP contribution in [0.4, 0.5) is 5.69 Å². The number of amides is 1. The van der Waals surface area contributed by atoms with Crippen LogP contribution in [0.15, 0.2) is 24.3 Å². The van der Waals surface area contributed by atoms with Crippen LogP contribution >= 0.6 is 0 Å². The normalized spacial score (nSPS) is 16.7. The van der Waals surface area contributed by atoms with Gasteiger partial charge in [0.15, 0.2) is 0 Å². The Labute approximate surface area is 115 Å². The lowest BCUT2D eigenvalue weighted by Crippen LogP contribution is -2.47. The van der Waals surface area contributed by atoms with E-state index in [1.807, 2.05) is 12.1 Å². The van der Waals surface area contributed by atoms with E-state index < -0.39 is 0 Å². The lowest BCUT2D eigenvalue weighted by atomic mass is 9.68. The molecule has 3 N–H and O–H groups in total. The van der Waals surface area contributed by atoms with Crippen LogP contribution in [0.25, 0.3) is 0 Å². The van der Waals surface area contributed by atoms with Gasteiger partial charge in [0.2, 0.25) is 5.91 Å². The molecule has 0 saturated heterocycles. The summed E-state index contributed by atoms with van der Waals surface area (Å²) in [4.78, 5) is 12.2. The average Bonchev–Trinajstić information content (AvgIpc) is 2.37. The molecule has 0 radical (unpaired) electrons. The van der Waals surface area contributed by atoms with E-state index >= 15 is 0 Å². The summed E-state index contributed by atoms with van der Waals surface area (Å²) in [6.07, 6.45) is 6.48. The highest BCUT2D eigenvalue weighted by Gasteiger charge is 2.42. The smallest absolute Gasteiger partial charge is 0.231 e. The fourth-order valence-corrected chi connectivity index (χ4v) is 2.53. The number of benzene rings is 1. The molecule has 3 nitrogen and oxygen atoms in total. The first-order valence-electron chi connectivity index (χ1n) is 7.31. The molecule has 104 valence electrons. The van der Waals surface area contributed by atoms with E-state index in [0.717, 1.165) is 31.4 Å². The van der Waals surface area contributed by atoms with Gasteiger partial charge in [-0.1, -0.05) is 31.9 Å². The Bertz CT molecular complexity index is 415. The van der Waals surface area contributed by atoms with Crippen LogP contribution in [-0.4, -0.2) is 12.5 Å². The van der Waals surface area contributed by atoms with Crippen LogP contribution < -0.4 is 11.1 Å². The van der Waals surface area contributed by atoms with Crippen molar-refractivity contribution in [3.8, 4) is 0 Å². The largest absolute Gasteiger partial charge is 0.329 e. The van der Waals surface area contributed by atoms with Crippen molar-refractivity contribution >= 4 is 11.6 Å². The third-order valence-corrected chi connectivity index (χ3v) is 4.21. The first-order valence-corrected chi connectivity index (χ1v) is 7.31. The number of rotatable bonds is 6. The van der Waals surface area contributed by atoms with Gasteiger partial charge < -0.3 is 11.1 Å². The highest BCUT2D eigenvalue weighted by molar-refractivity contribution is 5.96. The zero-order chi connectivity index (χ0) is 13.7. The molecule has 1 aliphatic rings. The number of hydrogen-bond acceptors (Lipinski definition) is 2. The number of aryl methyl sites for hydroxylation is 1. The van der Waals surface area contributed by atoms with Gasteiger partial charge in [-0.2, -0.15) is 0 Å². The minimum atomic E-state index is -0.305. The van der Waals surface area contributed by atoms with Crippen molar-refractivity contribution < 1.29 is 4.79 Å². The molecule has 19 heavy (non-hydrogen) atoms. The van der Waals surface area contributed by atoms with E-state index in [0.29, 0.717) is 6.54 Å². The topological polar surface area (TPSA) is 55.1 Å². The third-order valence-electron chi connectivity index (χ3n) is 4.21. The summed E-state index contributed by atoms with van der Waals surface area (Å²) in [5.74, 6) is 0.0857. The molecule has 0 aromatic heterocycles. The van der Waals surface area contributed by atoms with E-state index in [4.69, 9.17) is 5.73 Å². The maximum atomic E-state index is 12.2. The second-order valence-corrected chi connectivity index (χ2v) is 5.59. The molecule has 2 rings (SSSR count). The van der Waals surface area contributed by atoms with Gasteiger partial charge in [-0.3, -0.25) is 4.79 Å². The molecule has 0 heterocycles. The summed E-state index contributed by atoms with van der Waals surface area (Å²) in [5.41, 5.74) is 7.65. The van der Waals surface area contributed by atoms with Crippen molar-refractivity contribution in [1.29, 1.82) is 0 Å². The number of hydrogen-bond donors (Lipinski definition) is 2. The van der Waals surface area contributed by atoms with Crippen LogP contribution in [-0.2, 0) is 11.2 Å². The standard InChI is InChI=1S/C16H24N2O/c1-2-3-5-13-6-8-14(9-7-13)18-15(19)16(12-17)10-4-11-16/h6-9H,2-5,10-12,17H2,1H3,(H,18,19). The number of carbonyl (C=O) groups is 1. The Morgan fingerprint density at radius 1 is 1.32 bits per heavy atom. The highest BCUT2D eigenvalue weighted by Crippen LogP contribution is 2.40. The molecule has 0 bridgehead atoms. The van der Waals surface area contributed by atoms with Gasteiger partial charge in [0.05, 0.1) is 5.41 Å². The van der Waals surface area contributed by atoms with Crippen LogP contribution in [0.3, 0.4) is 0 Å². The number of carbonyl (C=O) groups excluding carboxylic acids is 1. The molecule has 3 heteroatoms. The highest BCUT2D eigenvalue weighted by atomic mass is 16.2. The predicted molar refractivity (Wildman–Crippen MR) is 79.0 cm³/mol. The van der Waals surface area contributed by atoms with Crippen molar-refractivity contribution in [2.24, 2.45) is 11.1 Å². The van der Waals surface area contributed by atoms with Crippen LogP contribution in [0.1, 0.15) is 44.6 Å². The quantitative estimate of drug-likeness (QED) is 0.825. The Hall–Kier alpha value is -1.35. The van der Waals surface area contributed by atoms with Crippen LogP contribution in [0.2, 0.25) is 0 Å². The third kappa shape index (κ3) is 3.16. The molecule has 0 aliphatic heterocycles. The predicted octanol–water partition coefficient (Wildman–Crippen LogP) is 3.10. The van der Waals surface area contributed by atoms with Crippen molar-refractivity contribution in [1.82, 2.24) is 0 Å². The van der Waals surface area contributed by atoms with Gasteiger partial charge >= 0.3 is 0 Å². The molecule has 1 aromatic rings. The van der Waals surface area contributed by atoms with Gasteiger partial charge in [0.1, 0.15) is 0 Å². The fourth-order valence-electron chi connectivity index (χ4n) is 2.53. The van der Waals surface area contributed by atoms with Crippen molar-refractivity contribution in [2.75, 3.05) is 11.9 Å². The molecule has 1 amide bonds. The molecule has 1 aromatic carbocycles. The minimum Gasteiger partial charge on any atom is -0.329 e. The van der Waals surface area contributed by atoms with Gasteiger partial charge in [-0.25, -0.2) is 0 Å². The Morgan fingerprint density at radius 2 is 2.00 bits per heavy atom. The summed E-state index contributed by atoms with van der Waals surface area (Å²) in [6.45, 7) is 2.65. The monoisotopic (exact) mass is 260 g/mol. The second-order valence-electron chi connectivity index (χ2n) is 5.59. The molecule has 0 atom stereocenters.